The second-order valence-electron chi connectivity index (χ2n) is 3.78. The molecule has 2 rings (SSSR count). The average Bonchev–Trinajstić information content (AvgIpc) is 2.37. The molecule has 2 N–H and O–H groups in total. The summed E-state index contributed by atoms with van der Waals surface area (Å²) in [5, 5.41) is 0.607. The van der Waals surface area contributed by atoms with Crippen LogP contribution in [0.1, 0.15) is 15.9 Å². The van der Waals surface area contributed by atoms with E-state index in [0.29, 0.717) is 10.6 Å². The van der Waals surface area contributed by atoms with Gasteiger partial charge in [-0.25, -0.2) is 0 Å². The predicted molar refractivity (Wildman–Crippen MR) is 76.0 cm³/mol. The van der Waals surface area contributed by atoms with Crippen molar-refractivity contribution in [2.24, 2.45) is 5.73 Å². The maximum Gasteiger partial charge on any atom is 0.249 e. The van der Waals surface area contributed by atoms with Gasteiger partial charge in [-0.1, -0.05) is 41.9 Å². The monoisotopic (exact) mass is 277 g/mol. The summed E-state index contributed by atoms with van der Waals surface area (Å²) in [5.74, 6) is 0.351. The van der Waals surface area contributed by atoms with Crippen LogP contribution in [0.5, 0.6) is 0 Å². The van der Waals surface area contributed by atoms with E-state index in [0.717, 1.165) is 10.6 Å². The largest absolute Gasteiger partial charge is 0.366 e. The van der Waals surface area contributed by atoms with E-state index in [9.17, 15) is 4.79 Å². The van der Waals surface area contributed by atoms with Crippen LogP contribution in [-0.2, 0) is 5.75 Å². The average molecular weight is 278 g/mol. The molecule has 0 heterocycles. The molecule has 1 amide bonds. The number of benzene rings is 2. The van der Waals surface area contributed by atoms with Gasteiger partial charge in [0.2, 0.25) is 5.91 Å². The molecule has 0 bridgehead atoms. The first kappa shape index (κ1) is 13.0. The Morgan fingerprint density at radius 2 is 1.89 bits per heavy atom. The van der Waals surface area contributed by atoms with Gasteiger partial charge in [0.25, 0.3) is 0 Å². The first-order valence-electron chi connectivity index (χ1n) is 5.43. The summed E-state index contributed by atoms with van der Waals surface area (Å²) in [6.07, 6.45) is 0. The Kier molecular flexibility index (Phi) is 4.28. The summed E-state index contributed by atoms with van der Waals surface area (Å²) in [5.41, 5.74) is 7.04. The van der Waals surface area contributed by atoms with Crippen LogP contribution in [0.15, 0.2) is 53.4 Å². The molecule has 0 fully saturated rings. The van der Waals surface area contributed by atoms with E-state index in [4.69, 9.17) is 17.3 Å². The quantitative estimate of drug-likeness (QED) is 0.866. The van der Waals surface area contributed by atoms with Crippen LogP contribution in [0.2, 0.25) is 5.02 Å². The fraction of sp³-hybridized carbons (Fsp3) is 0.0714. The number of thioether (sulfide) groups is 1. The van der Waals surface area contributed by atoms with Gasteiger partial charge in [-0.05, 0) is 23.8 Å². The second kappa shape index (κ2) is 5.94. The Balaban J connectivity index is 2.18. The van der Waals surface area contributed by atoms with Gasteiger partial charge in [0.15, 0.2) is 0 Å². The Bertz CT molecular complexity index is 557. The summed E-state index contributed by atoms with van der Waals surface area (Å²) >= 11 is 7.50. The molecule has 2 aromatic rings. The Morgan fingerprint density at radius 1 is 1.17 bits per heavy atom. The van der Waals surface area contributed by atoms with Crippen molar-refractivity contribution in [1.82, 2.24) is 0 Å². The zero-order chi connectivity index (χ0) is 13.0. The number of halogens is 1. The highest BCUT2D eigenvalue weighted by Crippen LogP contribution is 2.28. The number of hydrogen-bond acceptors (Lipinski definition) is 2. The van der Waals surface area contributed by atoms with E-state index in [2.05, 4.69) is 0 Å². The van der Waals surface area contributed by atoms with Gasteiger partial charge in [0.1, 0.15) is 0 Å². The second-order valence-corrected chi connectivity index (χ2v) is 5.23. The van der Waals surface area contributed by atoms with Crippen molar-refractivity contribution < 1.29 is 4.79 Å². The lowest BCUT2D eigenvalue weighted by Crippen LogP contribution is -2.12. The Hall–Kier alpha value is -1.45. The van der Waals surface area contributed by atoms with Gasteiger partial charge in [0.05, 0.1) is 5.56 Å². The molecular weight excluding hydrogens is 266 g/mol. The van der Waals surface area contributed by atoms with Crippen molar-refractivity contribution in [3.63, 3.8) is 0 Å². The minimum absolute atomic E-state index is 0.428. The zero-order valence-electron chi connectivity index (χ0n) is 9.60. The van der Waals surface area contributed by atoms with Crippen LogP contribution in [0, 0.1) is 0 Å². The lowest BCUT2D eigenvalue weighted by atomic mass is 10.2. The standard InChI is InChI=1S/C14H12ClNOS/c15-11-6-7-12(14(16)17)13(8-11)18-9-10-4-2-1-3-5-10/h1-8H,9H2,(H2,16,17). The van der Waals surface area contributed by atoms with Gasteiger partial charge in [-0.15, -0.1) is 11.8 Å². The van der Waals surface area contributed by atoms with E-state index >= 15 is 0 Å². The summed E-state index contributed by atoms with van der Waals surface area (Å²) in [6.45, 7) is 0. The van der Waals surface area contributed by atoms with Crippen molar-refractivity contribution in [1.29, 1.82) is 0 Å². The maximum absolute atomic E-state index is 11.3. The number of amides is 1. The topological polar surface area (TPSA) is 43.1 Å². The van der Waals surface area contributed by atoms with Crippen LogP contribution in [0.25, 0.3) is 0 Å². The molecule has 0 aliphatic carbocycles. The number of hydrogen-bond donors (Lipinski definition) is 1. The Labute approximate surface area is 115 Å². The number of primary amides is 1. The summed E-state index contributed by atoms with van der Waals surface area (Å²) in [4.78, 5) is 12.1. The van der Waals surface area contributed by atoms with Gasteiger partial charge < -0.3 is 5.73 Å². The van der Waals surface area contributed by atoms with Gasteiger partial charge in [0, 0.05) is 15.7 Å². The maximum atomic E-state index is 11.3. The molecule has 0 radical (unpaired) electrons. The highest BCUT2D eigenvalue weighted by Gasteiger charge is 2.09. The van der Waals surface area contributed by atoms with E-state index in [1.165, 1.54) is 5.56 Å². The molecule has 0 aliphatic rings. The van der Waals surface area contributed by atoms with Crippen LogP contribution in [0.3, 0.4) is 0 Å². The van der Waals surface area contributed by atoms with Gasteiger partial charge in [-0.3, -0.25) is 4.79 Å². The fourth-order valence-electron chi connectivity index (χ4n) is 1.55. The molecule has 18 heavy (non-hydrogen) atoms. The van der Waals surface area contributed by atoms with Crippen LogP contribution >= 0.6 is 23.4 Å². The van der Waals surface area contributed by atoms with E-state index in [-0.39, 0.29) is 0 Å². The number of nitrogens with two attached hydrogens (primary N) is 1. The third-order valence-corrected chi connectivity index (χ3v) is 3.81. The van der Waals surface area contributed by atoms with Crippen molar-refractivity contribution in [2.45, 2.75) is 10.6 Å². The van der Waals surface area contributed by atoms with Gasteiger partial charge >= 0.3 is 0 Å². The Morgan fingerprint density at radius 3 is 2.56 bits per heavy atom. The lowest BCUT2D eigenvalue weighted by molar-refractivity contribution is 0.0997. The SMILES string of the molecule is NC(=O)c1ccc(Cl)cc1SCc1ccccc1. The molecule has 0 saturated carbocycles. The first-order chi connectivity index (χ1) is 8.66. The molecule has 0 spiro atoms. The summed E-state index contributed by atoms with van der Waals surface area (Å²) in [6, 6.07) is 15.2. The van der Waals surface area contributed by atoms with Crippen LogP contribution in [0.4, 0.5) is 0 Å². The predicted octanol–water partition coefficient (Wildman–Crippen LogP) is 3.73. The van der Waals surface area contributed by atoms with Crippen molar-refractivity contribution in [2.75, 3.05) is 0 Å². The van der Waals surface area contributed by atoms with E-state index in [1.54, 1.807) is 30.0 Å². The normalized spacial score (nSPS) is 10.3. The molecule has 92 valence electrons. The zero-order valence-corrected chi connectivity index (χ0v) is 11.2. The molecule has 4 heteroatoms. The van der Waals surface area contributed by atoms with E-state index in [1.807, 2.05) is 30.3 Å². The highest BCUT2D eigenvalue weighted by molar-refractivity contribution is 7.98. The fourth-order valence-corrected chi connectivity index (χ4v) is 2.84. The number of rotatable bonds is 4. The third kappa shape index (κ3) is 3.28. The summed E-state index contributed by atoms with van der Waals surface area (Å²) < 4.78 is 0. The van der Waals surface area contributed by atoms with Crippen molar-refractivity contribution in [3.05, 3.63) is 64.7 Å². The first-order valence-corrected chi connectivity index (χ1v) is 6.79. The molecular formula is C14H12ClNOS. The third-order valence-electron chi connectivity index (χ3n) is 2.45. The minimum Gasteiger partial charge on any atom is -0.366 e. The molecule has 2 nitrogen and oxygen atoms in total. The number of carbonyl (C=O) groups excluding carboxylic acids is 1. The molecule has 0 saturated heterocycles. The molecule has 0 aromatic heterocycles. The smallest absolute Gasteiger partial charge is 0.249 e. The molecule has 0 aliphatic heterocycles. The highest BCUT2D eigenvalue weighted by atomic mass is 35.5. The van der Waals surface area contributed by atoms with Crippen LogP contribution < -0.4 is 5.73 Å². The van der Waals surface area contributed by atoms with Gasteiger partial charge in [-0.2, -0.15) is 0 Å². The van der Waals surface area contributed by atoms with Crippen molar-refractivity contribution in [3.8, 4) is 0 Å². The summed E-state index contributed by atoms with van der Waals surface area (Å²) in [7, 11) is 0. The molecule has 2 aromatic carbocycles. The molecule has 0 atom stereocenters. The van der Waals surface area contributed by atoms with E-state index < -0.39 is 5.91 Å². The lowest BCUT2D eigenvalue weighted by Gasteiger charge is -2.07. The number of carbonyl (C=O) groups is 1. The van der Waals surface area contributed by atoms with Crippen molar-refractivity contribution >= 4 is 29.3 Å². The minimum atomic E-state index is -0.428. The van der Waals surface area contributed by atoms with Crippen LogP contribution in [-0.4, -0.2) is 5.91 Å². The molecule has 0 unspecified atom stereocenters.